The minimum absolute atomic E-state index is 0.109. The monoisotopic (exact) mass is 178 g/mol. The van der Waals surface area contributed by atoms with Gasteiger partial charge in [-0.3, -0.25) is 4.79 Å². The normalized spacial score (nSPS) is 12.9. The minimum atomic E-state index is -0.784. The van der Waals surface area contributed by atoms with Crippen molar-refractivity contribution in [1.29, 1.82) is 0 Å². The highest BCUT2D eigenvalue weighted by atomic mass is 32.1. The first-order valence-electron chi connectivity index (χ1n) is 3.67. The molecule has 0 saturated carbocycles. The number of aliphatic hydroxyl groups is 1. The fourth-order valence-electron chi connectivity index (χ4n) is 0.761. The van der Waals surface area contributed by atoms with Gasteiger partial charge in [0.25, 0.3) is 0 Å². The maximum atomic E-state index is 10.1. The summed E-state index contributed by atoms with van der Waals surface area (Å²) in [5.74, 6) is -0.784. The molecule has 1 unspecified atom stereocenters. The zero-order valence-electron chi connectivity index (χ0n) is 6.36. The quantitative estimate of drug-likeness (QED) is 0.530. The highest BCUT2D eigenvalue weighted by Gasteiger charge is 2.04. The summed E-state index contributed by atoms with van der Waals surface area (Å²) in [5, 5.41) is 16.9. The topological polar surface area (TPSA) is 57.5 Å². The van der Waals surface area contributed by atoms with Crippen LogP contribution in [0.3, 0.4) is 0 Å². The molecule has 0 heterocycles. The van der Waals surface area contributed by atoms with Crippen LogP contribution < -0.4 is 0 Å². The summed E-state index contributed by atoms with van der Waals surface area (Å²) >= 11 is 4.16. The lowest BCUT2D eigenvalue weighted by molar-refractivity contribution is -0.137. The maximum absolute atomic E-state index is 10.1. The van der Waals surface area contributed by atoms with Gasteiger partial charge in [-0.05, 0) is 19.3 Å². The summed E-state index contributed by atoms with van der Waals surface area (Å²) in [7, 11) is 0. The molecule has 0 spiro atoms. The smallest absolute Gasteiger partial charge is 0.303 e. The van der Waals surface area contributed by atoms with Crippen molar-refractivity contribution in [1.82, 2.24) is 0 Å². The molecule has 2 N–H and O–H groups in total. The van der Waals surface area contributed by atoms with E-state index >= 15 is 0 Å². The van der Waals surface area contributed by atoms with Gasteiger partial charge in [0.15, 0.2) is 0 Å². The summed E-state index contributed by atoms with van der Waals surface area (Å²) in [4.78, 5) is 10.1. The van der Waals surface area contributed by atoms with Crippen molar-refractivity contribution in [3.8, 4) is 0 Å². The third kappa shape index (κ3) is 7.68. The van der Waals surface area contributed by atoms with Gasteiger partial charge in [-0.1, -0.05) is 0 Å². The Hall–Kier alpha value is -0.220. The average molecular weight is 178 g/mol. The second-order valence-corrected chi connectivity index (χ2v) is 3.18. The zero-order chi connectivity index (χ0) is 8.69. The van der Waals surface area contributed by atoms with Gasteiger partial charge in [0, 0.05) is 18.3 Å². The lowest BCUT2D eigenvalue weighted by Crippen LogP contribution is -2.04. The first-order valence-corrected chi connectivity index (χ1v) is 4.19. The van der Waals surface area contributed by atoms with E-state index in [1.807, 2.05) is 0 Å². The van der Waals surface area contributed by atoms with Crippen molar-refractivity contribution >= 4 is 18.6 Å². The summed E-state index contributed by atoms with van der Waals surface area (Å²) in [6.07, 6.45) is 2.23. The standard InChI is InChI=1S/C7H14O3S/c8-5-1-2-6(11)3-4-7(9)10/h6,8,11H,1-5H2,(H,9,10). The van der Waals surface area contributed by atoms with Gasteiger partial charge in [-0.25, -0.2) is 0 Å². The highest BCUT2D eigenvalue weighted by molar-refractivity contribution is 7.80. The Bertz CT molecular complexity index is 116. The molecule has 0 aliphatic heterocycles. The number of carboxylic acids is 1. The Morgan fingerprint density at radius 3 is 2.55 bits per heavy atom. The predicted octanol–water partition coefficient (Wildman–Crippen LogP) is 0.922. The number of carboxylic acid groups (broad SMARTS) is 1. The van der Waals surface area contributed by atoms with Crippen LogP contribution in [-0.4, -0.2) is 28.0 Å². The van der Waals surface area contributed by atoms with E-state index in [4.69, 9.17) is 10.2 Å². The molecule has 0 aromatic heterocycles. The number of hydrogen-bond acceptors (Lipinski definition) is 3. The largest absolute Gasteiger partial charge is 0.481 e. The van der Waals surface area contributed by atoms with Crippen LogP contribution in [0.4, 0.5) is 0 Å². The Balaban J connectivity index is 3.22. The van der Waals surface area contributed by atoms with Crippen molar-refractivity contribution < 1.29 is 15.0 Å². The molecule has 0 fully saturated rings. The zero-order valence-corrected chi connectivity index (χ0v) is 7.26. The van der Waals surface area contributed by atoms with Crippen molar-refractivity contribution in [2.75, 3.05) is 6.61 Å². The Morgan fingerprint density at radius 2 is 2.09 bits per heavy atom. The van der Waals surface area contributed by atoms with Crippen LogP contribution in [-0.2, 0) is 4.79 Å². The summed E-state index contributed by atoms with van der Waals surface area (Å²) in [6, 6.07) is 0. The number of carbonyl (C=O) groups is 1. The molecule has 0 aliphatic carbocycles. The second-order valence-electron chi connectivity index (χ2n) is 2.45. The van der Waals surface area contributed by atoms with Crippen molar-refractivity contribution in [3.05, 3.63) is 0 Å². The number of aliphatic hydroxyl groups excluding tert-OH is 1. The summed E-state index contributed by atoms with van der Waals surface area (Å²) < 4.78 is 0. The Labute approximate surface area is 71.8 Å². The molecule has 0 aromatic rings. The molecule has 4 heteroatoms. The Kier molecular flexibility index (Phi) is 6.36. The molecule has 1 atom stereocenters. The van der Waals surface area contributed by atoms with Gasteiger partial charge >= 0.3 is 5.97 Å². The summed E-state index contributed by atoms with van der Waals surface area (Å²) in [5.41, 5.74) is 0. The summed E-state index contributed by atoms with van der Waals surface area (Å²) in [6.45, 7) is 0.157. The third-order valence-corrected chi connectivity index (χ3v) is 1.90. The predicted molar refractivity (Wildman–Crippen MR) is 46.0 cm³/mol. The molecule has 0 amide bonds. The van der Waals surface area contributed by atoms with Crippen LogP contribution in [0.25, 0.3) is 0 Å². The van der Waals surface area contributed by atoms with Crippen LogP contribution in [0, 0.1) is 0 Å². The number of thiol groups is 1. The molecule has 0 aliphatic rings. The second kappa shape index (κ2) is 6.49. The van der Waals surface area contributed by atoms with E-state index in [0.29, 0.717) is 12.8 Å². The number of aliphatic carboxylic acids is 1. The SMILES string of the molecule is O=C(O)CCC(S)CCCO. The van der Waals surface area contributed by atoms with E-state index in [1.165, 1.54) is 0 Å². The molecule has 3 nitrogen and oxygen atoms in total. The van der Waals surface area contributed by atoms with Gasteiger partial charge < -0.3 is 10.2 Å². The molecular formula is C7H14O3S. The van der Waals surface area contributed by atoms with E-state index in [-0.39, 0.29) is 18.3 Å². The first kappa shape index (κ1) is 10.8. The molecule has 0 saturated heterocycles. The van der Waals surface area contributed by atoms with Crippen molar-refractivity contribution in [2.45, 2.75) is 30.9 Å². The lowest BCUT2D eigenvalue weighted by Gasteiger charge is -2.06. The van der Waals surface area contributed by atoms with Crippen LogP contribution in [0.15, 0.2) is 0 Å². The van der Waals surface area contributed by atoms with Crippen LogP contribution in [0.5, 0.6) is 0 Å². The number of hydrogen-bond donors (Lipinski definition) is 3. The van der Waals surface area contributed by atoms with Gasteiger partial charge in [-0.2, -0.15) is 12.6 Å². The van der Waals surface area contributed by atoms with Crippen molar-refractivity contribution in [3.63, 3.8) is 0 Å². The molecular weight excluding hydrogens is 164 g/mol. The average Bonchev–Trinajstić information content (AvgIpc) is 1.97. The molecule has 66 valence electrons. The van der Waals surface area contributed by atoms with Crippen LogP contribution in [0.1, 0.15) is 25.7 Å². The van der Waals surface area contributed by atoms with Gasteiger partial charge in [0.1, 0.15) is 0 Å². The third-order valence-electron chi connectivity index (χ3n) is 1.39. The maximum Gasteiger partial charge on any atom is 0.303 e. The molecule has 0 rings (SSSR count). The van der Waals surface area contributed by atoms with E-state index in [1.54, 1.807) is 0 Å². The molecule has 11 heavy (non-hydrogen) atoms. The van der Waals surface area contributed by atoms with Gasteiger partial charge in [0.05, 0.1) is 0 Å². The lowest BCUT2D eigenvalue weighted by atomic mass is 10.1. The van der Waals surface area contributed by atoms with Crippen molar-refractivity contribution in [2.24, 2.45) is 0 Å². The molecule has 0 bridgehead atoms. The fourth-order valence-corrected chi connectivity index (χ4v) is 1.07. The van der Waals surface area contributed by atoms with Crippen LogP contribution in [0.2, 0.25) is 0 Å². The van der Waals surface area contributed by atoms with E-state index in [0.717, 1.165) is 6.42 Å². The van der Waals surface area contributed by atoms with Gasteiger partial charge in [0.2, 0.25) is 0 Å². The van der Waals surface area contributed by atoms with E-state index < -0.39 is 5.97 Å². The molecule has 0 radical (unpaired) electrons. The van der Waals surface area contributed by atoms with Crippen LogP contribution >= 0.6 is 12.6 Å². The minimum Gasteiger partial charge on any atom is -0.481 e. The fraction of sp³-hybridized carbons (Fsp3) is 0.857. The van der Waals surface area contributed by atoms with E-state index in [9.17, 15) is 4.79 Å². The number of rotatable bonds is 6. The van der Waals surface area contributed by atoms with Gasteiger partial charge in [-0.15, -0.1) is 0 Å². The van der Waals surface area contributed by atoms with E-state index in [2.05, 4.69) is 12.6 Å². The first-order chi connectivity index (χ1) is 5.16. The Morgan fingerprint density at radius 1 is 1.45 bits per heavy atom. The molecule has 0 aromatic carbocycles. The highest BCUT2D eigenvalue weighted by Crippen LogP contribution is 2.10.